The Bertz CT molecular complexity index is 1060. The maximum Gasteiger partial charge on any atom is 0.343 e. The molecule has 0 bridgehead atoms. The third-order valence-electron chi connectivity index (χ3n) is 7.29. The second-order valence-electron chi connectivity index (χ2n) is 9.74. The first-order valence-corrected chi connectivity index (χ1v) is 11.9. The highest BCUT2D eigenvalue weighted by Crippen LogP contribution is 2.42. The number of imide groups is 2. The molecule has 0 spiro atoms. The van der Waals surface area contributed by atoms with Crippen LogP contribution < -0.4 is 17.2 Å². The van der Waals surface area contributed by atoms with Gasteiger partial charge in [-0.1, -0.05) is 13.3 Å². The molecule has 12 nitrogen and oxygen atoms in total. The second-order valence-corrected chi connectivity index (χ2v) is 9.74. The van der Waals surface area contributed by atoms with Gasteiger partial charge in [0.05, 0.1) is 6.61 Å². The summed E-state index contributed by atoms with van der Waals surface area (Å²) in [6, 6.07) is -1.12. The monoisotopic (exact) mass is 475 g/mol. The molecule has 3 fully saturated rings. The van der Waals surface area contributed by atoms with Gasteiger partial charge in [0.25, 0.3) is 11.8 Å². The van der Waals surface area contributed by atoms with Crippen LogP contribution in [0.25, 0.3) is 0 Å². The molecule has 2 aliphatic carbocycles. The smallest absolute Gasteiger partial charge is 0.343 e. The fourth-order valence-corrected chi connectivity index (χ4v) is 5.04. The van der Waals surface area contributed by atoms with Gasteiger partial charge in [0.1, 0.15) is 17.2 Å². The Morgan fingerprint density at radius 2 is 1.79 bits per heavy atom. The summed E-state index contributed by atoms with van der Waals surface area (Å²) in [6.07, 6.45) is 5.18. The van der Waals surface area contributed by atoms with Gasteiger partial charge >= 0.3 is 11.7 Å². The maximum absolute atomic E-state index is 13.2. The third kappa shape index (κ3) is 4.22. The molecule has 186 valence electrons. The fraction of sp³-hybridized carbons (Fsp3) is 0.682. The van der Waals surface area contributed by atoms with Gasteiger partial charge in [-0.05, 0) is 44.9 Å². The van der Waals surface area contributed by atoms with Gasteiger partial charge in [0.15, 0.2) is 0 Å². The Balaban J connectivity index is 1.54. The largest absolute Gasteiger partial charge is 0.396 e. The summed E-state index contributed by atoms with van der Waals surface area (Å²) >= 11 is 0. The van der Waals surface area contributed by atoms with Crippen molar-refractivity contribution in [3.8, 4) is 0 Å². The average Bonchev–Trinajstić information content (AvgIpc) is 3.58. The van der Waals surface area contributed by atoms with E-state index in [1.807, 2.05) is 6.92 Å². The number of H-pyrrole nitrogens is 1. The number of urea groups is 1. The van der Waals surface area contributed by atoms with Crippen LogP contribution in [0.4, 0.5) is 4.79 Å². The number of nitrogens with one attached hydrogen (secondary N) is 1. The third-order valence-corrected chi connectivity index (χ3v) is 7.29. The molecule has 0 atom stereocenters. The van der Waals surface area contributed by atoms with Crippen LogP contribution in [0.3, 0.4) is 0 Å². The second kappa shape index (κ2) is 9.24. The number of aromatic amines is 1. The number of rotatable bonds is 8. The van der Waals surface area contributed by atoms with E-state index in [1.165, 1.54) is 0 Å². The minimum absolute atomic E-state index is 0.134. The Morgan fingerprint density at radius 1 is 1.12 bits per heavy atom. The van der Waals surface area contributed by atoms with E-state index in [4.69, 9.17) is 11.5 Å². The number of aliphatic hydroxyl groups is 1. The minimum atomic E-state index is -0.772. The highest BCUT2D eigenvalue weighted by molar-refractivity contribution is 6.29. The average molecular weight is 476 g/mol. The van der Waals surface area contributed by atoms with Gasteiger partial charge in [-0.3, -0.25) is 24.0 Å². The van der Waals surface area contributed by atoms with E-state index in [9.17, 15) is 24.3 Å². The van der Waals surface area contributed by atoms with Gasteiger partial charge in [-0.15, -0.1) is 0 Å². The lowest BCUT2D eigenvalue weighted by Crippen LogP contribution is -2.61. The SMILES string of the molecule is CCCCN1C(=O)C(=C(N)N)C(=O)N(C2CCC(CO)(Cn3c(C4CC4)n[nH]c3=O)CC2)C1=O. The Morgan fingerprint density at radius 3 is 2.35 bits per heavy atom. The van der Waals surface area contributed by atoms with E-state index in [1.54, 1.807) is 4.57 Å². The van der Waals surface area contributed by atoms with E-state index in [0.29, 0.717) is 38.6 Å². The number of amides is 4. The molecule has 1 saturated heterocycles. The van der Waals surface area contributed by atoms with Crippen molar-refractivity contribution in [3.05, 3.63) is 27.7 Å². The van der Waals surface area contributed by atoms with Crippen LogP contribution in [-0.2, 0) is 16.1 Å². The molecule has 0 unspecified atom stereocenters. The zero-order valence-corrected chi connectivity index (χ0v) is 19.5. The molecule has 0 aromatic carbocycles. The topological polar surface area (TPSA) is 181 Å². The van der Waals surface area contributed by atoms with E-state index >= 15 is 0 Å². The first-order chi connectivity index (χ1) is 16.2. The number of carbonyl (C=O) groups is 3. The number of barbiturate groups is 1. The van der Waals surface area contributed by atoms with Crippen molar-refractivity contribution in [1.82, 2.24) is 24.6 Å². The molecule has 0 radical (unpaired) electrons. The van der Waals surface area contributed by atoms with Crippen molar-refractivity contribution in [3.63, 3.8) is 0 Å². The molecule has 3 aliphatic rings. The predicted molar refractivity (Wildman–Crippen MR) is 121 cm³/mol. The number of nitrogens with zero attached hydrogens (tertiary/aromatic N) is 4. The summed E-state index contributed by atoms with van der Waals surface area (Å²) in [6.45, 7) is 2.30. The molecule has 1 aromatic heterocycles. The number of aromatic nitrogens is 3. The summed E-state index contributed by atoms with van der Waals surface area (Å²) in [4.78, 5) is 53.5. The van der Waals surface area contributed by atoms with Crippen LogP contribution >= 0.6 is 0 Å². The number of unbranched alkanes of at least 4 members (excludes halogenated alkanes) is 1. The molecule has 6 N–H and O–H groups in total. The van der Waals surface area contributed by atoms with Crippen molar-refractivity contribution in [1.29, 1.82) is 0 Å². The van der Waals surface area contributed by atoms with Gasteiger partial charge in [0.2, 0.25) is 0 Å². The predicted octanol–water partition coefficient (Wildman–Crippen LogP) is 0.0900. The molecular formula is C22H33N7O5. The lowest BCUT2D eigenvalue weighted by molar-refractivity contribution is -0.138. The molecule has 4 rings (SSSR count). The number of hydrogen-bond acceptors (Lipinski definition) is 8. The quantitative estimate of drug-likeness (QED) is 0.301. The Hall–Kier alpha value is -3.15. The van der Waals surface area contributed by atoms with E-state index in [-0.39, 0.29) is 30.3 Å². The van der Waals surface area contributed by atoms with Crippen LogP contribution in [0.15, 0.2) is 16.2 Å². The lowest BCUT2D eigenvalue weighted by Gasteiger charge is -2.44. The molecule has 12 heteroatoms. The van der Waals surface area contributed by atoms with Gasteiger partial charge < -0.3 is 16.6 Å². The molecule has 2 saturated carbocycles. The molecule has 4 amide bonds. The number of carbonyl (C=O) groups excluding carboxylic acids is 3. The van der Waals surface area contributed by atoms with Crippen LogP contribution in [-0.4, -0.2) is 66.7 Å². The summed E-state index contributed by atoms with van der Waals surface area (Å²) in [7, 11) is 0. The molecular weight excluding hydrogens is 442 g/mol. The van der Waals surface area contributed by atoms with Gasteiger partial charge in [-0.2, -0.15) is 5.10 Å². The molecule has 34 heavy (non-hydrogen) atoms. The van der Waals surface area contributed by atoms with Crippen molar-refractivity contribution >= 4 is 17.8 Å². The zero-order chi connectivity index (χ0) is 24.6. The van der Waals surface area contributed by atoms with Crippen LogP contribution in [0.1, 0.15) is 70.0 Å². The highest BCUT2D eigenvalue weighted by Gasteiger charge is 2.48. The van der Waals surface area contributed by atoms with E-state index in [0.717, 1.165) is 34.9 Å². The summed E-state index contributed by atoms with van der Waals surface area (Å²) < 4.78 is 1.62. The number of hydrogen-bond donors (Lipinski definition) is 4. The first-order valence-electron chi connectivity index (χ1n) is 11.9. The number of nitrogens with two attached hydrogens (primary N) is 2. The summed E-state index contributed by atoms with van der Waals surface area (Å²) in [5, 5.41) is 17.0. The van der Waals surface area contributed by atoms with Crippen molar-refractivity contribution in [2.45, 2.75) is 76.8 Å². The van der Waals surface area contributed by atoms with Crippen molar-refractivity contribution < 1.29 is 19.5 Å². The van der Waals surface area contributed by atoms with Gasteiger partial charge in [-0.25, -0.2) is 14.7 Å². The fourth-order valence-electron chi connectivity index (χ4n) is 5.04. The standard InChI is InChI=1S/C22H33N7O5/c1-2-3-10-27-18(31)15(16(23)24)19(32)29(21(27)34)14-6-8-22(12-30,9-7-14)11-28-17(13-4-5-13)25-26-20(28)33/h13-14,30H,2-12,23-24H2,1H3,(H,26,33). The van der Waals surface area contributed by atoms with E-state index < -0.39 is 35.1 Å². The van der Waals surface area contributed by atoms with Gasteiger partial charge in [0, 0.05) is 30.5 Å². The first kappa shape index (κ1) is 24.0. The van der Waals surface area contributed by atoms with Crippen LogP contribution in [0, 0.1) is 5.41 Å². The lowest BCUT2D eigenvalue weighted by atomic mass is 9.72. The minimum Gasteiger partial charge on any atom is -0.396 e. The maximum atomic E-state index is 13.2. The van der Waals surface area contributed by atoms with Crippen LogP contribution in [0.2, 0.25) is 0 Å². The zero-order valence-electron chi connectivity index (χ0n) is 19.5. The highest BCUT2D eigenvalue weighted by atomic mass is 16.3. The van der Waals surface area contributed by atoms with Crippen molar-refractivity contribution in [2.75, 3.05) is 13.2 Å². The summed E-state index contributed by atoms with van der Waals surface area (Å²) in [5.74, 6) is -0.937. The van der Waals surface area contributed by atoms with E-state index in [2.05, 4.69) is 10.2 Å². The molecule has 2 heterocycles. The molecule has 1 aromatic rings. The Kier molecular flexibility index (Phi) is 6.52. The normalized spacial score (nSPS) is 25.9. The molecule has 1 aliphatic heterocycles. The summed E-state index contributed by atoms with van der Waals surface area (Å²) in [5.41, 5.74) is 10.1. The number of aliphatic hydroxyl groups excluding tert-OH is 1. The van der Waals surface area contributed by atoms with Crippen molar-refractivity contribution in [2.24, 2.45) is 16.9 Å². The van der Waals surface area contributed by atoms with Crippen LogP contribution in [0.5, 0.6) is 0 Å². The Labute approximate surface area is 196 Å².